The van der Waals surface area contributed by atoms with Crippen molar-refractivity contribution in [3.63, 3.8) is 0 Å². The zero-order valence-corrected chi connectivity index (χ0v) is 19.6. The molecule has 0 bridgehead atoms. The highest BCUT2D eigenvalue weighted by molar-refractivity contribution is 5.80. The minimum atomic E-state index is -0.352. The Labute approximate surface area is 184 Å². The van der Waals surface area contributed by atoms with Crippen LogP contribution in [0.4, 0.5) is 0 Å². The number of amides is 1. The van der Waals surface area contributed by atoms with Crippen molar-refractivity contribution in [2.24, 2.45) is 11.8 Å². The van der Waals surface area contributed by atoms with Gasteiger partial charge in [-0.15, -0.1) is 0 Å². The highest BCUT2D eigenvalue weighted by Gasteiger charge is 2.29. The molecule has 0 radical (unpaired) electrons. The van der Waals surface area contributed by atoms with E-state index in [0.717, 1.165) is 16.8 Å². The number of nitrogens with zero attached hydrogens (tertiary/aromatic N) is 3. The number of rotatable bonds is 6. The Hall–Kier alpha value is -2.95. The van der Waals surface area contributed by atoms with E-state index in [0.29, 0.717) is 29.2 Å². The first-order valence-electron chi connectivity index (χ1n) is 11.0. The zero-order chi connectivity index (χ0) is 22.9. The normalized spacial score (nSPS) is 12.5. The molecule has 0 aliphatic carbocycles. The van der Waals surface area contributed by atoms with Crippen molar-refractivity contribution in [3.8, 4) is 5.69 Å². The van der Waals surface area contributed by atoms with Crippen molar-refractivity contribution in [2.45, 2.75) is 54.5 Å². The largest absolute Gasteiger partial charge is 0.332 e. The lowest BCUT2D eigenvalue weighted by atomic mass is 10.1. The van der Waals surface area contributed by atoms with Gasteiger partial charge in [0, 0.05) is 12.5 Å². The number of aryl methyl sites for hydroxylation is 2. The lowest BCUT2D eigenvalue weighted by Crippen LogP contribution is -2.41. The monoisotopic (exact) mass is 419 g/mol. The highest BCUT2D eigenvalue weighted by atomic mass is 16.2. The Balaban J connectivity index is 2.33. The highest BCUT2D eigenvalue weighted by Crippen LogP contribution is 2.26. The fourth-order valence-corrected chi connectivity index (χ4v) is 3.93. The minimum absolute atomic E-state index is 0.0659. The van der Waals surface area contributed by atoms with Gasteiger partial charge in [0.1, 0.15) is 5.82 Å². The van der Waals surface area contributed by atoms with Crippen LogP contribution in [0.25, 0.3) is 16.6 Å². The molecular weight excluding hydrogens is 386 g/mol. The topological polar surface area (TPSA) is 55.2 Å². The molecule has 0 aliphatic rings. The number of aromatic nitrogens is 2. The van der Waals surface area contributed by atoms with Crippen LogP contribution < -0.4 is 5.56 Å². The van der Waals surface area contributed by atoms with E-state index in [9.17, 15) is 9.59 Å². The van der Waals surface area contributed by atoms with E-state index in [1.165, 1.54) is 0 Å². The van der Waals surface area contributed by atoms with E-state index in [2.05, 4.69) is 13.8 Å². The van der Waals surface area contributed by atoms with Crippen LogP contribution in [-0.2, 0) is 4.79 Å². The summed E-state index contributed by atoms with van der Waals surface area (Å²) in [5.41, 5.74) is 3.41. The van der Waals surface area contributed by atoms with Crippen molar-refractivity contribution in [3.05, 3.63) is 69.8 Å². The summed E-state index contributed by atoms with van der Waals surface area (Å²) in [7, 11) is 0. The average molecular weight is 420 g/mol. The van der Waals surface area contributed by atoms with E-state index < -0.39 is 0 Å². The van der Waals surface area contributed by atoms with Crippen LogP contribution in [-0.4, -0.2) is 26.9 Å². The van der Waals surface area contributed by atoms with E-state index in [4.69, 9.17) is 4.98 Å². The van der Waals surface area contributed by atoms with Gasteiger partial charge in [0.15, 0.2) is 0 Å². The molecule has 2 aromatic carbocycles. The van der Waals surface area contributed by atoms with Crippen LogP contribution in [0, 0.1) is 25.7 Å². The third-order valence-corrected chi connectivity index (χ3v) is 5.59. The van der Waals surface area contributed by atoms with Crippen LogP contribution in [0.1, 0.15) is 57.6 Å². The molecule has 3 aromatic rings. The van der Waals surface area contributed by atoms with E-state index in [-0.39, 0.29) is 23.4 Å². The summed E-state index contributed by atoms with van der Waals surface area (Å²) < 4.78 is 1.70. The molecule has 0 spiro atoms. The first-order chi connectivity index (χ1) is 14.6. The van der Waals surface area contributed by atoms with Crippen LogP contribution in [0.5, 0.6) is 0 Å². The average Bonchev–Trinajstić information content (AvgIpc) is 2.72. The Bertz CT molecular complexity index is 1160. The predicted molar refractivity (Wildman–Crippen MR) is 127 cm³/mol. The molecule has 0 aliphatic heterocycles. The van der Waals surface area contributed by atoms with Gasteiger partial charge in [0.05, 0.1) is 22.6 Å². The van der Waals surface area contributed by atoms with Gasteiger partial charge in [0.2, 0.25) is 5.91 Å². The summed E-state index contributed by atoms with van der Waals surface area (Å²) in [5.74, 6) is 0.817. The van der Waals surface area contributed by atoms with E-state index >= 15 is 0 Å². The molecule has 5 nitrogen and oxygen atoms in total. The van der Waals surface area contributed by atoms with Crippen molar-refractivity contribution in [1.29, 1.82) is 0 Å². The molecule has 31 heavy (non-hydrogen) atoms. The van der Waals surface area contributed by atoms with E-state index in [1.807, 2.05) is 82.0 Å². The van der Waals surface area contributed by atoms with Gasteiger partial charge in [-0.05, 0) is 56.0 Å². The Kier molecular flexibility index (Phi) is 6.63. The number of carbonyl (C=O) groups is 1. The third-order valence-electron chi connectivity index (χ3n) is 5.59. The number of para-hydroxylation sites is 1. The van der Waals surface area contributed by atoms with Crippen molar-refractivity contribution >= 4 is 16.8 Å². The Morgan fingerprint density at radius 1 is 1.03 bits per heavy atom. The number of hydrogen-bond acceptors (Lipinski definition) is 3. The van der Waals surface area contributed by atoms with Crippen LogP contribution in [0.3, 0.4) is 0 Å². The van der Waals surface area contributed by atoms with Gasteiger partial charge >= 0.3 is 0 Å². The molecule has 1 unspecified atom stereocenters. The molecular formula is C26H33N3O2. The minimum Gasteiger partial charge on any atom is -0.332 e. The molecule has 0 saturated carbocycles. The lowest BCUT2D eigenvalue weighted by molar-refractivity contribution is -0.137. The molecule has 1 aromatic heterocycles. The smallest absolute Gasteiger partial charge is 0.266 e. The molecule has 3 rings (SSSR count). The quantitative estimate of drug-likeness (QED) is 0.551. The third kappa shape index (κ3) is 4.55. The molecule has 0 N–H and O–H groups in total. The Morgan fingerprint density at radius 2 is 1.71 bits per heavy atom. The first kappa shape index (κ1) is 22.7. The summed E-state index contributed by atoms with van der Waals surface area (Å²) >= 11 is 0. The maximum Gasteiger partial charge on any atom is 0.266 e. The second kappa shape index (κ2) is 9.04. The summed E-state index contributed by atoms with van der Waals surface area (Å²) in [5, 5.41) is 0.574. The van der Waals surface area contributed by atoms with Gasteiger partial charge in [-0.25, -0.2) is 4.98 Å². The van der Waals surface area contributed by atoms with Gasteiger partial charge in [-0.1, -0.05) is 52.0 Å². The summed E-state index contributed by atoms with van der Waals surface area (Å²) in [6.45, 7) is 14.6. The van der Waals surface area contributed by atoms with Crippen molar-refractivity contribution < 1.29 is 4.79 Å². The van der Waals surface area contributed by atoms with Crippen LogP contribution >= 0.6 is 0 Å². The number of hydrogen-bond donors (Lipinski definition) is 0. The zero-order valence-electron chi connectivity index (χ0n) is 19.6. The molecule has 1 atom stereocenters. The number of fused-ring (bicyclic) bond motifs is 1. The van der Waals surface area contributed by atoms with Gasteiger partial charge < -0.3 is 4.90 Å². The Morgan fingerprint density at radius 3 is 2.35 bits per heavy atom. The van der Waals surface area contributed by atoms with Gasteiger partial charge in [-0.3, -0.25) is 14.2 Å². The fourth-order valence-electron chi connectivity index (χ4n) is 3.93. The molecule has 1 heterocycles. The first-order valence-corrected chi connectivity index (χ1v) is 11.0. The summed E-state index contributed by atoms with van der Waals surface area (Å²) in [6, 6.07) is 13.1. The van der Waals surface area contributed by atoms with Gasteiger partial charge in [0.25, 0.3) is 5.56 Å². The standard InChI is InChI=1S/C26H33N3O2/c1-16(2)15-28(25(30)17(3)4)20(7)24-27-22-11-9-8-10-21(22)26(31)29(24)23-14-18(5)12-13-19(23)6/h8-14,16-17,20H,15H2,1-7H3. The molecule has 164 valence electrons. The predicted octanol–water partition coefficient (Wildman–Crippen LogP) is 5.20. The molecule has 1 amide bonds. The van der Waals surface area contributed by atoms with Crippen molar-refractivity contribution in [2.75, 3.05) is 6.54 Å². The summed E-state index contributed by atoms with van der Waals surface area (Å²) in [6.07, 6.45) is 0. The maximum atomic E-state index is 13.7. The number of benzene rings is 2. The molecule has 0 fully saturated rings. The van der Waals surface area contributed by atoms with Crippen LogP contribution in [0.2, 0.25) is 0 Å². The second-order valence-corrected chi connectivity index (χ2v) is 9.13. The SMILES string of the molecule is Cc1ccc(C)c(-n2c(C(C)N(CC(C)C)C(=O)C(C)C)nc3ccccc3c2=O)c1. The summed E-state index contributed by atoms with van der Waals surface area (Å²) in [4.78, 5) is 33.6. The molecule has 0 saturated heterocycles. The van der Waals surface area contributed by atoms with Crippen LogP contribution in [0.15, 0.2) is 47.3 Å². The lowest BCUT2D eigenvalue weighted by Gasteiger charge is -2.33. The maximum absolute atomic E-state index is 13.7. The van der Waals surface area contributed by atoms with E-state index in [1.54, 1.807) is 4.57 Å². The fraction of sp³-hybridized carbons (Fsp3) is 0.423. The van der Waals surface area contributed by atoms with Gasteiger partial charge in [-0.2, -0.15) is 0 Å². The second-order valence-electron chi connectivity index (χ2n) is 9.13. The molecule has 5 heteroatoms. The van der Waals surface area contributed by atoms with Crippen molar-refractivity contribution in [1.82, 2.24) is 14.5 Å². The number of carbonyl (C=O) groups excluding carboxylic acids is 1.